The molecular formula is C25H21FN2O4S. The van der Waals surface area contributed by atoms with Crippen LogP contribution in [0, 0.1) is 26.6 Å². The monoisotopic (exact) mass is 464 g/mol. The van der Waals surface area contributed by atoms with E-state index in [9.17, 15) is 17.6 Å². The van der Waals surface area contributed by atoms with Crippen molar-refractivity contribution in [2.75, 3.05) is 0 Å². The molecule has 1 heterocycles. The van der Waals surface area contributed by atoms with E-state index in [-0.39, 0.29) is 26.9 Å². The van der Waals surface area contributed by atoms with Gasteiger partial charge in [0.25, 0.3) is 0 Å². The van der Waals surface area contributed by atoms with E-state index in [1.165, 1.54) is 41.9 Å². The number of ether oxygens (including phenoxy) is 1. The Morgan fingerprint density at radius 3 is 2.27 bits per heavy atom. The number of esters is 1. The lowest BCUT2D eigenvalue weighted by molar-refractivity contribution is 0.0713. The van der Waals surface area contributed by atoms with Crippen molar-refractivity contribution in [2.45, 2.75) is 30.6 Å². The highest BCUT2D eigenvalue weighted by Gasteiger charge is 2.32. The SMILES string of the molecule is Cc1ccc(-n2nc(C)c(S(=O)(=O)c3ccccc3)c2OC(=O)c2ccccc2F)c(C)c1. The lowest BCUT2D eigenvalue weighted by atomic mass is 10.1. The highest BCUT2D eigenvalue weighted by atomic mass is 32.2. The van der Waals surface area contributed by atoms with Crippen LogP contribution in [0.3, 0.4) is 0 Å². The lowest BCUT2D eigenvalue weighted by Gasteiger charge is -2.13. The third-order valence-electron chi connectivity index (χ3n) is 5.15. The topological polar surface area (TPSA) is 78.3 Å². The van der Waals surface area contributed by atoms with Crippen molar-refractivity contribution in [3.63, 3.8) is 0 Å². The van der Waals surface area contributed by atoms with Gasteiger partial charge in [0, 0.05) is 0 Å². The number of hydrogen-bond acceptors (Lipinski definition) is 5. The molecular weight excluding hydrogens is 443 g/mol. The summed E-state index contributed by atoms with van der Waals surface area (Å²) in [7, 11) is -4.10. The molecule has 8 heteroatoms. The van der Waals surface area contributed by atoms with Gasteiger partial charge in [-0.25, -0.2) is 17.6 Å². The Kier molecular flexibility index (Phi) is 5.86. The summed E-state index contributed by atoms with van der Waals surface area (Å²) < 4.78 is 48.1. The van der Waals surface area contributed by atoms with Gasteiger partial charge < -0.3 is 4.74 Å². The second-order valence-corrected chi connectivity index (χ2v) is 9.49. The number of rotatable bonds is 5. The molecule has 0 aliphatic carbocycles. The zero-order chi connectivity index (χ0) is 23.8. The van der Waals surface area contributed by atoms with Crippen LogP contribution in [0.4, 0.5) is 4.39 Å². The number of hydrogen-bond donors (Lipinski definition) is 0. The largest absolute Gasteiger partial charge is 0.402 e. The fraction of sp³-hybridized carbons (Fsp3) is 0.120. The normalized spacial score (nSPS) is 11.4. The van der Waals surface area contributed by atoms with Crippen LogP contribution in [0.2, 0.25) is 0 Å². The molecule has 0 aliphatic rings. The van der Waals surface area contributed by atoms with Gasteiger partial charge >= 0.3 is 5.97 Å². The standard InChI is InChI=1S/C25H21FN2O4S/c1-16-13-14-22(17(2)15-16)28-24(32-25(29)20-11-7-8-12-21(20)26)23(18(3)27-28)33(30,31)19-9-5-4-6-10-19/h4-15H,1-3H3. The summed E-state index contributed by atoms with van der Waals surface area (Å²) >= 11 is 0. The number of benzene rings is 3. The summed E-state index contributed by atoms with van der Waals surface area (Å²) in [5.74, 6) is -2.09. The van der Waals surface area contributed by atoms with Crippen LogP contribution in [-0.4, -0.2) is 24.2 Å². The van der Waals surface area contributed by atoms with Crippen molar-refractivity contribution in [1.29, 1.82) is 0 Å². The molecule has 4 rings (SSSR count). The molecule has 0 saturated heterocycles. The fourth-order valence-corrected chi connectivity index (χ4v) is 5.12. The summed E-state index contributed by atoms with van der Waals surface area (Å²) in [4.78, 5) is 12.7. The van der Waals surface area contributed by atoms with Gasteiger partial charge in [-0.05, 0) is 56.7 Å². The minimum atomic E-state index is -4.10. The summed E-state index contributed by atoms with van der Waals surface area (Å²) in [5, 5.41) is 4.40. The molecule has 0 saturated carbocycles. The number of carbonyl (C=O) groups is 1. The van der Waals surface area contributed by atoms with Crippen LogP contribution in [0.15, 0.2) is 82.6 Å². The van der Waals surface area contributed by atoms with E-state index in [0.717, 1.165) is 17.2 Å². The van der Waals surface area contributed by atoms with E-state index < -0.39 is 21.6 Å². The summed E-state index contributed by atoms with van der Waals surface area (Å²) in [5.41, 5.74) is 2.17. The second kappa shape index (κ2) is 8.63. The molecule has 33 heavy (non-hydrogen) atoms. The van der Waals surface area contributed by atoms with Crippen molar-refractivity contribution >= 4 is 15.8 Å². The molecule has 4 aromatic rings. The lowest BCUT2D eigenvalue weighted by Crippen LogP contribution is -2.16. The van der Waals surface area contributed by atoms with Crippen LogP contribution in [0.1, 0.15) is 27.2 Å². The summed E-state index contributed by atoms with van der Waals surface area (Å²) in [6, 6.07) is 18.6. The van der Waals surface area contributed by atoms with Crippen molar-refractivity contribution in [2.24, 2.45) is 0 Å². The number of nitrogens with zero attached hydrogens (tertiary/aromatic N) is 2. The molecule has 1 aromatic heterocycles. The maximum absolute atomic E-state index is 14.2. The van der Waals surface area contributed by atoms with Gasteiger partial charge in [-0.1, -0.05) is 48.0 Å². The first kappa shape index (κ1) is 22.4. The first-order valence-corrected chi connectivity index (χ1v) is 11.6. The Balaban J connectivity index is 1.95. The van der Waals surface area contributed by atoms with Gasteiger partial charge in [0.1, 0.15) is 5.82 Å². The Hall–Kier alpha value is -3.78. The van der Waals surface area contributed by atoms with Crippen LogP contribution < -0.4 is 4.74 Å². The Morgan fingerprint density at radius 2 is 1.61 bits per heavy atom. The Bertz CT molecular complexity index is 1460. The van der Waals surface area contributed by atoms with Crippen LogP contribution >= 0.6 is 0 Å². The average molecular weight is 465 g/mol. The second-order valence-electron chi connectivity index (χ2n) is 7.61. The first-order chi connectivity index (χ1) is 15.7. The predicted molar refractivity (Wildman–Crippen MR) is 121 cm³/mol. The van der Waals surface area contributed by atoms with Crippen molar-refractivity contribution in [1.82, 2.24) is 9.78 Å². The maximum atomic E-state index is 14.2. The number of aryl methyl sites for hydroxylation is 3. The fourth-order valence-electron chi connectivity index (χ4n) is 3.58. The Labute approximate surface area is 191 Å². The number of sulfone groups is 1. The maximum Gasteiger partial charge on any atom is 0.347 e. The van der Waals surface area contributed by atoms with Gasteiger partial charge in [0.15, 0.2) is 4.90 Å². The minimum absolute atomic E-state index is 0.0245. The quantitative estimate of drug-likeness (QED) is 0.389. The molecule has 6 nitrogen and oxygen atoms in total. The molecule has 168 valence electrons. The van der Waals surface area contributed by atoms with Gasteiger partial charge in [-0.3, -0.25) is 0 Å². The predicted octanol–water partition coefficient (Wildman–Crippen LogP) is 4.99. The molecule has 0 unspecified atom stereocenters. The highest BCUT2D eigenvalue weighted by Crippen LogP contribution is 2.35. The van der Waals surface area contributed by atoms with Gasteiger partial charge in [-0.15, -0.1) is 0 Å². The van der Waals surface area contributed by atoms with Crippen molar-refractivity contribution < 1.29 is 22.3 Å². The van der Waals surface area contributed by atoms with Crippen LogP contribution in [0.5, 0.6) is 5.88 Å². The van der Waals surface area contributed by atoms with Crippen LogP contribution in [-0.2, 0) is 9.84 Å². The summed E-state index contributed by atoms with van der Waals surface area (Å²) in [6.07, 6.45) is 0. The van der Waals surface area contributed by atoms with E-state index in [4.69, 9.17) is 4.74 Å². The molecule has 3 aromatic carbocycles. The molecule has 0 bridgehead atoms. The number of carbonyl (C=O) groups excluding carboxylic acids is 1. The van der Waals surface area contributed by atoms with E-state index in [2.05, 4.69) is 5.10 Å². The van der Waals surface area contributed by atoms with E-state index in [1.54, 1.807) is 24.3 Å². The summed E-state index contributed by atoms with van der Waals surface area (Å²) in [6.45, 7) is 5.29. The zero-order valence-corrected chi connectivity index (χ0v) is 19.1. The minimum Gasteiger partial charge on any atom is -0.402 e. The third-order valence-corrected chi connectivity index (χ3v) is 7.05. The third kappa shape index (κ3) is 4.17. The molecule has 0 amide bonds. The molecule has 0 aliphatic heterocycles. The number of aromatic nitrogens is 2. The van der Waals surface area contributed by atoms with Gasteiger partial charge in [-0.2, -0.15) is 9.78 Å². The van der Waals surface area contributed by atoms with Crippen LogP contribution in [0.25, 0.3) is 5.69 Å². The van der Waals surface area contributed by atoms with E-state index in [0.29, 0.717) is 5.69 Å². The van der Waals surface area contributed by atoms with Crippen molar-refractivity contribution in [3.05, 3.63) is 101 Å². The molecule has 0 N–H and O–H groups in total. The van der Waals surface area contributed by atoms with E-state index in [1.807, 2.05) is 26.0 Å². The molecule has 0 atom stereocenters. The highest BCUT2D eigenvalue weighted by molar-refractivity contribution is 7.91. The molecule has 0 radical (unpaired) electrons. The average Bonchev–Trinajstić information content (AvgIpc) is 3.10. The number of halogens is 1. The molecule has 0 spiro atoms. The van der Waals surface area contributed by atoms with Gasteiger partial charge in [0.05, 0.1) is 21.8 Å². The molecule has 0 fully saturated rings. The first-order valence-electron chi connectivity index (χ1n) is 10.1. The van der Waals surface area contributed by atoms with Gasteiger partial charge in [0.2, 0.25) is 15.7 Å². The Morgan fingerprint density at radius 1 is 0.939 bits per heavy atom. The van der Waals surface area contributed by atoms with Crippen molar-refractivity contribution in [3.8, 4) is 11.6 Å². The van der Waals surface area contributed by atoms with E-state index >= 15 is 0 Å². The smallest absolute Gasteiger partial charge is 0.347 e. The zero-order valence-electron chi connectivity index (χ0n) is 18.2.